The summed E-state index contributed by atoms with van der Waals surface area (Å²) in [6.07, 6.45) is 2.76. The molecule has 0 radical (unpaired) electrons. The van der Waals surface area contributed by atoms with Gasteiger partial charge in [-0.15, -0.1) is 0 Å². The topological polar surface area (TPSA) is 45.2 Å². The van der Waals surface area contributed by atoms with Gasteiger partial charge in [-0.1, -0.05) is 36.4 Å². The highest BCUT2D eigenvalue weighted by Gasteiger charge is 2.22. The number of amides is 1. The normalized spacial score (nSPS) is 13.7. The summed E-state index contributed by atoms with van der Waals surface area (Å²) in [6.45, 7) is 6.79. The van der Waals surface area contributed by atoms with E-state index >= 15 is 0 Å². The molecule has 0 aliphatic carbocycles. The molecule has 1 amide bonds. The second kappa shape index (κ2) is 8.56. The number of carbonyl (C=O) groups excluding carboxylic acids is 1. The molecule has 0 fully saturated rings. The minimum atomic E-state index is -0.0290. The lowest BCUT2D eigenvalue weighted by molar-refractivity contribution is 0.102. The highest BCUT2D eigenvalue weighted by Crippen LogP contribution is 2.26. The van der Waals surface area contributed by atoms with Crippen molar-refractivity contribution in [3.8, 4) is 0 Å². The summed E-state index contributed by atoms with van der Waals surface area (Å²) in [5.74, 6) is -0.0290. The van der Waals surface area contributed by atoms with Crippen molar-refractivity contribution in [2.75, 3.05) is 11.9 Å². The van der Waals surface area contributed by atoms with Crippen molar-refractivity contribution in [1.82, 2.24) is 9.88 Å². The van der Waals surface area contributed by atoms with Crippen LogP contribution in [0.3, 0.4) is 0 Å². The first kappa shape index (κ1) is 20.4. The molecule has 4 aromatic rings. The Balaban J connectivity index is 1.35. The summed E-state index contributed by atoms with van der Waals surface area (Å²) in [4.78, 5) is 20.0. The molecule has 0 atom stereocenters. The van der Waals surface area contributed by atoms with Gasteiger partial charge in [0.05, 0.1) is 5.52 Å². The summed E-state index contributed by atoms with van der Waals surface area (Å²) in [5.41, 5.74) is 8.77. The molecule has 1 aromatic heterocycles. The van der Waals surface area contributed by atoms with Crippen LogP contribution in [0.4, 0.5) is 5.69 Å². The second-order valence-electron chi connectivity index (χ2n) is 8.64. The quantitative estimate of drug-likeness (QED) is 0.462. The van der Waals surface area contributed by atoms with E-state index in [1.807, 2.05) is 42.6 Å². The van der Waals surface area contributed by atoms with Crippen LogP contribution < -0.4 is 5.32 Å². The third-order valence-corrected chi connectivity index (χ3v) is 6.49. The average molecular weight is 422 g/mol. The Kier molecular flexibility index (Phi) is 5.46. The number of nitrogens with one attached hydrogen (secondary N) is 1. The second-order valence-corrected chi connectivity index (χ2v) is 8.64. The van der Waals surface area contributed by atoms with Gasteiger partial charge < -0.3 is 5.32 Å². The van der Waals surface area contributed by atoms with Crippen LogP contribution in [-0.4, -0.2) is 22.3 Å². The van der Waals surface area contributed by atoms with Crippen LogP contribution in [-0.2, 0) is 19.5 Å². The number of aromatic nitrogens is 1. The molecule has 32 heavy (non-hydrogen) atoms. The molecule has 0 unspecified atom stereocenters. The summed E-state index contributed by atoms with van der Waals surface area (Å²) >= 11 is 0. The molecule has 2 heterocycles. The van der Waals surface area contributed by atoms with E-state index in [0.29, 0.717) is 0 Å². The predicted octanol–water partition coefficient (Wildman–Crippen LogP) is 5.66. The molecular formula is C28H27N3O. The predicted molar refractivity (Wildman–Crippen MR) is 130 cm³/mol. The van der Waals surface area contributed by atoms with E-state index in [-0.39, 0.29) is 5.91 Å². The zero-order valence-electron chi connectivity index (χ0n) is 18.6. The van der Waals surface area contributed by atoms with E-state index in [1.165, 1.54) is 33.2 Å². The number of aryl methyl sites for hydroxylation is 2. The van der Waals surface area contributed by atoms with Gasteiger partial charge in [-0.05, 0) is 78.4 Å². The summed E-state index contributed by atoms with van der Waals surface area (Å²) in [7, 11) is 0. The number of hydrogen-bond acceptors (Lipinski definition) is 3. The largest absolute Gasteiger partial charge is 0.322 e. The first-order chi connectivity index (χ1) is 15.6. The van der Waals surface area contributed by atoms with Crippen molar-refractivity contribution in [2.24, 2.45) is 0 Å². The fourth-order valence-electron chi connectivity index (χ4n) is 4.57. The Labute approximate surface area is 188 Å². The third kappa shape index (κ3) is 4.02. The number of para-hydroxylation sites is 1. The molecule has 0 saturated heterocycles. The van der Waals surface area contributed by atoms with E-state index in [1.54, 1.807) is 0 Å². The Morgan fingerprint density at radius 2 is 1.88 bits per heavy atom. The smallest absolute Gasteiger partial charge is 0.255 e. The maximum absolute atomic E-state index is 13.1. The molecule has 3 aromatic carbocycles. The molecule has 1 aliphatic heterocycles. The van der Waals surface area contributed by atoms with E-state index in [9.17, 15) is 4.79 Å². The van der Waals surface area contributed by atoms with Gasteiger partial charge in [0.2, 0.25) is 0 Å². The number of pyridine rings is 1. The molecule has 0 saturated carbocycles. The van der Waals surface area contributed by atoms with Crippen LogP contribution in [0.5, 0.6) is 0 Å². The highest BCUT2D eigenvalue weighted by molar-refractivity contribution is 6.05. The third-order valence-electron chi connectivity index (χ3n) is 6.49. The molecular weight excluding hydrogens is 394 g/mol. The number of anilines is 1. The summed E-state index contributed by atoms with van der Waals surface area (Å²) in [5, 5.41) is 4.30. The lowest BCUT2D eigenvalue weighted by Gasteiger charge is -2.30. The van der Waals surface area contributed by atoms with Crippen LogP contribution in [0.15, 0.2) is 72.9 Å². The Bertz CT molecular complexity index is 1310. The van der Waals surface area contributed by atoms with E-state index in [0.717, 1.165) is 42.8 Å². The van der Waals surface area contributed by atoms with Gasteiger partial charge in [-0.3, -0.25) is 14.7 Å². The molecule has 4 heteroatoms. The first-order valence-electron chi connectivity index (χ1n) is 11.1. The Hall–Kier alpha value is -3.50. The molecule has 160 valence electrons. The number of benzene rings is 3. The van der Waals surface area contributed by atoms with Gasteiger partial charge in [-0.25, -0.2) is 0 Å². The standard InChI is InChI=1S/C28H27N3O/c1-19-10-11-23(16-20(19)2)30-28(32)26-8-5-6-21-17-31(15-13-24(21)26)18-22-12-14-29-27-9-4-3-7-25(22)27/h3-12,14,16H,13,15,17-18H2,1-2H3,(H,30,32). The van der Waals surface area contributed by atoms with Gasteiger partial charge in [0, 0.05) is 42.5 Å². The van der Waals surface area contributed by atoms with Gasteiger partial charge >= 0.3 is 0 Å². The van der Waals surface area contributed by atoms with Crippen molar-refractivity contribution < 1.29 is 4.79 Å². The number of carbonyl (C=O) groups is 1. The Morgan fingerprint density at radius 3 is 2.75 bits per heavy atom. The average Bonchev–Trinajstić information content (AvgIpc) is 2.81. The van der Waals surface area contributed by atoms with Crippen LogP contribution in [0.25, 0.3) is 10.9 Å². The fourth-order valence-corrected chi connectivity index (χ4v) is 4.57. The minimum absolute atomic E-state index is 0.0290. The zero-order chi connectivity index (χ0) is 22.1. The van der Waals surface area contributed by atoms with Gasteiger partial charge in [-0.2, -0.15) is 0 Å². The first-order valence-corrected chi connectivity index (χ1v) is 11.1. The summed E-state index contributed by atoms with van der Waals surface area (Å²) < 4.78 is 0. The lowest BCUT2D eigenvalue weighted by Crippen LogP contribution is -2.31. The van der Waals surface area contributed by atoms with Crippen molar-refractivity contribution in [1.29, 1.82) is 0 Å². The molecule has 4 nitrogen and oxygen atoms in total. The van der Waals surface area contributed by atoms with Crippen molar-refractivity contribution in [3.63, 3.8) is 0 Å². The van der Waals surface area contributed by atoms with Crippen LogP contribution in [0.1, 0.15) is 38.2 Å². The molecule has 1 aliphatic rings. The van der Waals surface area contributed by atoms with Crippen molar-refractivity contribution in [3.05, 3.63) is 106 Å². The Morgan fingerprint density at radius 1 is 1.00 bits per heavy atom. The minimum Gasteiger partial charge on any atom is -0.322 e. The molecule has 1 N–H and O–H groups in total. The molecule has 0 bridgehead atoms. The maximum atomic E-state index is 13.1. The molecule has 5 rings (SSSR count). The van der Waals surface area contributed by atoms with Gasteiger partial charge in [0.1, 0.15) is 0 Å². The van der Waals surface area contributed by atoms with Crippen LogP contribution in [0, 0.1) is 13.8 Å². The van der Waals surface area contributed by atoms with Crippen LogP contribution >= 0.6 is 0 Å². The zero-order valence-corrected chi connectivity index (χ0v) is 18.6. The summed E-state index contributed by atoms with van der Waals surface area (Å²) in [6, 6.07) is 22.6. The van der Waals surface area contributed by atoms with Gasteiger partial charge in [0.25, 0.3) is 5.91 Å². The van der Waals surface area contributed by atoms with Crippen molar-refractivity contribution >= 4 is 22.5 Å². The van der Waals surface area contributed by atoms with E-state index < -0.39 is 0 Å². The number of nitrogens with zero attached hydrogens (tertiary/aromatic N) is 2. The van der Waals surface area contributed by atoms with E-state index in [4.69, 9.17) is 0 Å². The lowest BCUT2D eigenvalue weighted by atomic mass is 9.93. The fraction of sp³-hybridized carbons (Fsp3) is 0.214. The number of hydrogen-bond donors (Lipinski definition) is 1. The maximum Gasteiger partial charge on any atom is 0.255 e. The number of fused-ring (bicyclic) bond motifs is 2. The van der Waals surface area contributed by atoms with Crippen LogP contribution in [0.2, 0.25) is 0 Å². The SMILES string of the molecule is Cc1ccc(NC(=O)c2cccc3c2CCN(Cc2ccnc4ccccc24)C3)cc1C. The molecule has 0 spiro atoms. The number of rotatable bonds is 4. The van der Waals surface area contributed by atoms with E-state index in [2.05, 4.69) is 59.4 Å². The monoisotopic (exact) mass is 421 g/mol. The van der Waals surface area contributed by atoms with Gasteiger partial charge in [0.15, 0.2) is 0 Å². The highest BCUT2D eigenvalue weighted by atomic mass is 16.1. The van der Waals surface area contributed by atoms with Crippen molar-refractivity contribution in [2.45, 2.75) is 33.4 Å².